The van der Waals surface area contributed by atoms with E-state index < -0.39 is 5.97 Å². The van der Waals surface area contributed by atoms with Gasteiger partial charge in [-0.25, -0.2) is 9.59 Å². The van der Waals surface area contributed by atoms with E-state index in [1.165, 1.54) is 7.11 Å². The average molecular weight is 383 g/mol. The fourth-order valence-electron chi connectivity index (χ4n) is 2.58. The van der Waals surface area contributed by atoms with Crippen molar-refractivity contribution in [2.45, 2.75) is 27.7 Å². The number of methoxy groups -OCH3 is 1. The zero-order chi connectivity index (χ0) is 19.3. The Hall–Kier alpha value is -2.04. The highest BCUT2D eigenvalue weighted by Crippen LogP contribution is 2.21. The molecule has 0 atom stereocenters. The highest BCUT2D eigenvalue weighted by atomic mass is 35.5. The second-order valence-corrected chi connectivity index (χ2v) is 6.50. The van der Waals surface area contributed by atoms with E-state index in [0.717, 1.165) is 11.1 Å². The van der Waals surface area contributed by atoms with Gasteiger partial charge in [0.15, 0.2) is 0 Å². The number of hydrogen-bond donors (Lipinski definition) is 1. The van der Waals surface area contributed by atoms with E-state index in [9.17, 15) is 9.59 Å². The smallest absolute Gasteiger partial charge is 0.338 e. The van der Waals surface area contributed by atoms with Crippen LogP contribution in [0.5, 0.6) is 0 Å². The summed E-state index contributed by atoms with van der Waals surface area (Å²) in [7, 11) is 1.37. The Labute approximate surface area is 157 Å². The van der Waals surface area contributed by atoms with Gasteiger partial charge in [-0.2, -0.15) is 0 Å². The van der Waals surface area contributed by atoms with E-state index in [0.29, 0.717) is 32.3 Å². The summed E-state index contributed by atoms with van der Waals surface area (Å²) in [6.07, 6.45) is 0. The summed E-state index contributed by atoms with van der Waals surface area (Å²) in [6.45, 7) is 7.15. The maximum Gasteiger partial charge on any atom is 0.338 e. The Bertz CT molecular complexity index is 767. The zero-order valence-electron chi connectivity index (χ0n) is 14.7. The first-order chi connectivity index (χ1) is 11.6. The van der Waals surface area contributed by atoms with Gasteiger partial charge in [-0.3, -0.25) is 0 Å². The molecule has 0 saturated carbocycles. The molecule has 0 heterocycles. The van der Waals surface area contributed by atoms with Gasteiger partial charge in [-0.15, -0.1) is 0 Å². The molecule has 0 aliphatic rings. The van der Waals surface area contributed by atoms with Crippen molar-refractivity contribution in [3.63, 3.8) is 0 Å². The van der Waals surface area contributed by atoms with Crippen LogP contribution in [0, 0.1) is 27.7 Å². The summed E-state index contributed by atoms with van der Waals surface area (Å²) < 4.78 is 4.66. The first-order valence-electron chi connectivity index (χ1n) is 7.43. The highest BCUT2D eigenvalue weighted by molar-refractivity contribution is 6.31. The molecule has 0 unspecified atom stereocenters. The monoisotopic (exact) mass is 382 g/mol. The van der Waals surface area contributed by atoms with Gasteiger partial charge < -0.3 is 9.84 Å². The minimum Gasteiger partial charge on any atom is -0.478 e. The van der Waals surface area contributed by atoms with Crippen molar-refractivity contribution in [3.05, 3.63) is 67.7 Å². The molecule has 134 valence electrons. The van der Waals surface area contributed by atoms with Crippen LogP contribution in [0.15, 0.2) is 24.3 Å². The fraction of sp³-hybridized carbons (Fsp3) is 0.263. The van der Waals surface area contributed by atoms with E-state index in [4.69, 9.17) is 28.3 Å². The van der Waals surface area contributed by atoms with Gasteiger partial charge in [-0.1, -0.05) is 23.2 Å². The number of carbonyl (C=O) groups is 2. The predicted molar refractivity (Wildman–Crippen MR) is 100 cm³/mol. The number of benzene rings is 2. The van der Waals surface area contributed by atoms with Gasteiger partial charge in [0, 0.05) is 10.0 Å². The van der Waals surface area contributed by atoms with Gasteiger partial charge in [0.2, 0.25) is 0 Å². The number of carboxylic acids is 1. The molecular formula is C19H20Cl2O4. The van der Waals surface area contributed by atoms with Crippen LogP contribution in [0.25, 0.3) is 0 Å². The average Bonchev–Trinajstić information content (AvgIpc) is 2.44. The van der Waals surface area contributed by atoms with E-state index in [2.05, 4.69) is 4.74 Å². The third-order valence-corrected chi connectivity index (χ3v) is 4.03. The van der Waals surface area contributed by atoms with Crippen LogP contribution in [0.1, 0.15) is 43.0 Å². The second kappa shape index (κ2) is 8.88. The lowest BCUT2D eigenvalue weighted by Gasteiger charge is -2.07. The number of ether oxygens (including phenoxy) is 1. The molecule has 0 aromatic heterocycles. The molecule has 2 aromatic rings. The van der Waals surface area contributed by atoms with Crippen molar-refractivity contribution in [2.24, 2.45) is 0 Å². The highest BCUT2D eigenvalue weighted by Gasteiger charge is 2.13. The molecule has 0 spiro atoms. The summed E-state index contributed by atoms with van der Waals surface area (Å²) in [5.41, 5.74) is 4.04. The quantitative estimate of drug-likeness (QED) is 0.706. The van der Waals surface area contributed by atoms with Crippen LogP contribution in [0.4, 0.5) is 0 Å². The number of esters is 1. The largest absolute Gasteiger partial charge is 0.478 e. The summed E-state index contributed by atoms with van der Waals surface area (Å²) >= 11 is 11.6. The Morgan fingerprint density at radius 1 is 0.800 bits per heavy atom. The van der Waals surface area contributed by atoms with E-state index >= 15 is 0 Å². The summed E-state index contributed by atoms with van der Waals surface area (Å²) in [4.78, 5) is 22.0. The number of carbonyl (C=O) groups excluding carboxylic acids is 1. The van der Waals surface area contributed by atoms with Crippen LogP contribution in [-0.2, 0) is 4.74 Å². The summed E-state index contributed by atoms with van der Waals surface area (Å²) in [5, 5.41) is 10.0. The lowest BCUT2D eigenvalue weighted by atomic mass is 10.0. The number of hydrogen-bond acceptors (Lipinski definition) is 3. The van der Waals surface area contributed by atoms with Crippen molar-refractivity contribution >= 4 is 35.1 Å². The third-order valence-electron chi connectivity index (χ3n) is 3.60. The number of carboxylic acid groups (broad SMARTS) is 1. The number of aromatic carboxylic acids is 1. The van der Waals surface area contributed by atoms with Crippen molar-refractivity contribution in [1.82, 2.24) is 0 Å². The van der Waals surface area contributed by atoms with Gasteiger partial charge in [0.1, 0.15) is 0 Å². The van der Waals surface area contributed by atoms with Crippen LogP contribution in [0.2, 0.25) is 10.0 Å². The van der Waals surface area contributed by atoms with E-state index in [-0.39, 0.29) is 5.97 Å². The van der Waals surface area contributed by atoms with Crippen molar-refractivity contribution in [1.29, 1.82) is 0 Å². The normalized spacial score (nSPS) is 9.88. The Kier molecular flexibility index (Phi) is 7.46. The van der Waals surface area contributed by atoms with Crippen LogP contribution in [0.3, 0.4) is 0 Å². The Morgan fingerprint density at radius 2 is 1.12 bits per heavy atom. The maximum absolute atomic E-state index is 11.3. The Balaban J connectivity index is 0.000000251. The number of halogens is 2. The maximum atomic E-state index is 11.3. The van der Waals surface area contributed by atoms with Crippen molar-refractivity contribution < 1.29 is 19.4 Å². The van der Waals surface area contributed by atoms with E-state index in [1.807, 2.05) is 13.8 Å². The molecule has 0 fully saturated rings. The number of aryl methyl sites for hydroxylation is 4. The van der Waals surface area contributed by atoms with Crippen LogP contribution < -0.4 is 0 Å². The molecule has 0 aliphatic heterocycles. The van der Waals surface area contributed by atoms with Crippen LogP contribution >= 0.6 is 23.2 Å². The molecule has 25 heavy (non-hydrogen) atoms. The Morgan fingerprint density at radius 3 is 1.40 bits per heavy atom. The topological polar surface area (TPSA) is 63.6 Å². The van der Waals surface area contributed by atoms with Gasteiger partial charge in [0.05, 0.1) is 18.2 Å². The molecule has 0 saturated heterocycles. The number of rotatable bonds is 2. The molecule has 2 rings (SSSR count). The molecule has 4 nitrogen and oxygen atoms in total. The first-order valence-corrected chi connectivity index (χ1v) is 8.19. The standard InChI is InChI=1S/C10H11ClO2.C9H9ClO2/c1-6-4-8(11)5-7(2)9(6)10(12)13-3;1-5-3-7(10)4-6(2)8(5)9(11)12/h4-5H,1-3H3;3-4H,1-2H3,(H,11,12). The SMILES string of the molecule is COC(=O)c1c(C)cc(Cl)cc1C.Cc1cc(Cl)cc(C)c1C(=O)O. The lowest BCUT2D eigenvalue weighted by molar-refractivity contribution is 0.0598. The summed E-state index contributed by atoms with van der Waals surface area (Å²) in [5.74, 6) is -1.21. The molecule has 6 heteroatoms. The van der Waals surface area contributed by atoms with Crippen molar-refractivity contribution in [2.75, 3.05) is 7.11 Å². The molecular weight excluding hydrogens is 363 g/mol. The lowest BCUT2D eigenvalue weighted by Crippen LogP contribution is -2.06. The first kappa shape index (κ1) is 21.0. The fourth-order valence-corrected chi connectivity index (χ4v) is 3.24. The molecule has 1 N–H and O–H groups in total. The zero-order valence-corrected chi connectivity index (χ0v) is 16.2. The van der Waals surface area contributed by atoms with E-state index in [1.54, 1.807) is 38.1 Å². The molecule has 0 bridgehead atoms. The van der Waals surface area contributed by atoms with Gasteiger partial charge >= 0.3 is 11.9 Å². The predicted octanol–water partition coefficient (Wildman–Crippen LogP) is 5.40. The molecule has 2 aromatic carbocycles. The van der Waals surface area contributed by atoms with Crippen molar-refractivity contribution in [3.8, 4) is 0 Å². The summed E-state index contributed by atoms with van der Waals surface area (Å²) in [6, 6.07) is 6.80. The van der Waals surface area contributed by atoms with Gasteiger partial charge in [-0.05, 0) is 74.2 Å². The van der Waals surface area contributed by atoms with Gasteiger partial charge in [0.25, 0.3) is 0 Å². The third kappa shape index (κ3) is 5.48. The minimum absolute atomic E-state index is 0.313. The molecule has 0 amide bonds. The van der Waals surface area contributed by atoms with Crippen LogP contribution in [-0.4, -0.2) is 24.2 Å². The molecule has 0 aliphatic carbocycles. The minimum atomic E-state index is -0.901. The molecule has 0 radical (unpaired) electrons. The second-order valence-electron chi connectivity index (χ2n) is 5.63.